The molecule has 1 aromatic rings. The number of hydrogen-bond acceptors (Lipinski definition) is 4. The van der Waals surface area contributed by atoms with Crippen molar-refractivity contribution in [2.24, 2.45) is 5.73 Å². The Morgan fingerprint density at radius 3 is 2.75 bits per heavy atom. The first kappa shape index (κ1) is 15.1. The summed E-state index contributed by atoms with van der Waals surface area (Å²) in [7, 11) is 3.33. The van der Waals surface area contributed by atoms with E-state index in [4.69, 9.17) is 15.2 Å². The highest BCUT2D eigenvalue weighted by atomic mass is 16.5. The molecule has 0 aliphatic carbocycles. The highest BCUT2D eigenvalue weighted by Gasteiger charge is 2.22. The van der Waals surface area contributed by atoms with Crippen LogP contribution in [0.5, 0.6) is 11.5 Å². The van der Waals surface area contributed by atoms with Crippen LogP contribution >= 0.6 is 0 Å². The van der Waals surface area contributed by atoms with E-state index in [0.717, 1.165) is 30.2 Å². The van der Waals surface area contributed by atoms with Gasteiger partial charge in [-0.05, 0) is 32.4 Å². The van der Waals surface area contributed by atoms with E-state index in [2.05, 4.69) is 11.8 Å². The standard InChI is InChI=1S/C16H26N2O2/c1-12-6-4-5-9-18(12)11-15(17)14-8-7-13(19-2)10-16(14)20-3/h7-8,10,12,15H,4-6,9,11,17H2,1-3H3. The second-order valence-corrected chi connectivity index (χ2v) is 5.55. The van der Waals surface area contributed by atoms with Crippen molar-refractivity contribution in [2.75, 3.05) is 27.3 Å². The molecule has 0 aromatic heterocycles. The fourth-order valence-corrected chi connectivity index (χ4v) is 2.90. The molecule has 20 heavy (non-hydrogen) atoms. The number of nitrogens with two attached hydrogens (primary N) is 1. The number of hydrogen-bond donors (Lipinski definition) is 1. The average molecular weight is 278 g/mol. The molecule has 2 N–H and O–H groups in total. The lowest BCUT2D eigenvalue weighted by Crippen LogP contribution is -2.41. The van der Waals surface area contributed by atoms with E-state index in [-0.39, 0.29) is 6.04 Å². The third-order valence-corrected chi connectivity index (χ3v) is 4.21. The monoisotopic (exact) mass is 278 g/mol. The van der Waals surface area contributed by atoms with Gasteiger partial charge in [-0.25, -0.2) is 0 Å². The van der Waals surface area contributed by atoms with Gasteiger partial charge in [0, 0.05) is 30.3 Å². The lowest BCUT2D eigenvalue weighted by Gasteiger charge is -2.35. The Labute approximate surface area is 121 Å². The molecular weight excluding hydrogens is 252 g/mol. The van der Waals surface area contributed by atoms with Crippen LogP contribution in [0.3, 0.4) is 0 Å². The van der Waals surface area contributed by atoms with E-state index in [1.165, 1.54) is 19.3 Å². The second-order valence-electron chi connectivity index (χ2n) is 5.55. The van der Waals surface area contributed by atoms with Crippen molar-refractivity contribution in [3.05, 3.63) is 23.8 Å². The normalized spacial score (nSPS) is 21.5. The van der Waals surface area contributed by atoms with Gasteiger partial charge in [0.15, 0.2) is 0 Å². The van der Waals surface area contributed by atoms with Crippen molar-refractivity contribution in [3.8, 4) is 11.5 Å². The zero-order valence-electron chi connectivity index (χ0n) is 12.8. The minimum Gasteiger partial charge on any atom is -0.497 e. The van der Waals surface area contributed by atoms with E-state index in [0.29, 0.717) is 6.04 Å². The molecule has 0 radical (unpaired) electrons. The minimum atomic E-state index is -0.0311. The molecule has 2 atom stereocenters. The number of piperidine rings is 1. The van der Waals surface area contributed by atoms with Crippen LogP contribution in [0.15, 0.2) is 18.2 Å². The van der Waals surface area contributed by atoms with E-state index in [1.54, 1.807) is 14.2 Å². The van der Waals surface area contributed by atoms with Crippen LogP contribution in [0.4, 0.5) is 0 Å². The Kier molecular flexibility index (Phi) is 5.26. The number of ether oxygens (including phenoxy) is 2. The highest BCUT2D eigenvalue weighted by Crippen LogP contribution is 2.29. The first-order chi connectivity index (χ1) is 9.65. The summed E-state index contributed by atoms with van der Waals surface area (Å²) in [6.45, 7) is 4.31. The third kappa shape index (κ3) is 3.44. The minimum absolute atomic E-state index is 0.0311. The van der Waals surface area contributed by atoms with Crippen molar-refractivity contribution in [2.45, 2.75) is 38.3 Å². The Balaban J connectivity index is 2.09. The van der Waals surface area contributed by atoms with Crippen molar-refractivity contribution >= 4 is 0 Å². The van der Waals surface area contributed by atoms with Gasteiger partial charge in [-0.1, -0.05) is 12.5 Å². The van der Waals surface area contributed by atoms with Gasteiger partial charge in [-0.2, -0.15) is 0 Å². The smallest absolute Gasteiger partial charge is 0.127 e. The molecule has 2 unspecified atom stereocenters. The fourth-order valence-electron chi connectivity index (χ4n) is 2.90. The SMILES string of the molecule is COc1ccc(C(N)CN2CCCCC2C)c(OC)c1. The first-order valence-corrected chi connectivity index (χ1v) is 7.37. The molecule has 1 aromatic carbocycles. The van der Waals surface area contributed by atoms with Crippen LogP contribution in [-0.4, -0.2) is 38.3 Å². The van der Waals surface area contributed by atoms with Crippen molar-refractivity contribution in [3.63, 3.8) is 0 Å². The molecule has 0 saturated carbocycles. The summed E-state index contributed by atoms with van der Waals surface area (Å²) in [6, 6.07) is 6.44. The molecule has 112 valence electrons. The number of methoxy groups -OCH3 is 2. The van der Waals surface area contributed by atoms with Gasteiger partial charge in [0.25, 0.3) is 0 Å². The van der Waals surface area contributed by atoms with Gasteiger partial charge in [0.1, 0.15) is 11.5 Å². The highest BCUT2D eigenvalue weighted by molar-refractivity contribution is 5.42. The summed E-state index contributed by atoms with van der Waals surface area (Å²) in [6.07, 6.45) is 3.88. The Hall–Kier alpha value is -1.26. The Morgan fingerprint density at radius 1 is 1.30 bits per heavy atom. The van der Waals surface area contributed by atoms with Gasteiger partial charge < -0.3 is 15.2 Å². The Bertz CT molecular complexity index is 436. The van der Waals surface area contributed by atoms with E-state index in [1.807, 2.05) is 18.2 Å². The van der Waals surface area contributed by atoms with E-state index in [9.17, 15) is 0 Å². The second kappa shape index (κ2) is 6.95. The lowest BCUT2D eigenvalue weighted by atomic mass is 10.0. The van der Waals surface area contributed by atoms with Crippen molar-refractivity contribution in [1.29, 1.82) is 0 Å². The summed E-state index contributed by atoms with van der Waals surface area (Å²) in [5.74, 6) is 1.60. The molecule has 1 aliphatic heterocycles. The van der Waals surface area contributed by atoms with E-state index < -0.39 is 0 Å². The quantitative estimate of drug-likeness (QED) is 0.899. The largest absolute Gasteiger partial charge is 0.497 e. The molecular formula is C16H26N2O2. The van der Waals surface area contributed by atoms with E-state index >= 15 is 0 Å². The van der Waals surface area contributed by atoms with Gasteiger partial charge in [0.2, 0.25) is 0 Å². The van der Waals surface area contributed by atoms with Gasteiger partial charge in [0.05, 0.1) is 14.2 Å². The molecule has 0 amide bonds. The van der Waals surface area contributed by atoms with Gasteiger partial charge in [-0.3, -0.25) is 4.90 Å². The fraction of sp³-hybridized carbons (Fsp3) is 0.625. The summed E-state index contributed by atoms with van der Waals surface area (Å²) in [4.78, 5) is 2.48. The molecule has 2 rings (SSSR count). The van der Waals surface area contributed by atoms with Crippen molar-refractivity contribution in [1.82, 2.24) is 4.90 Å². The molecule has 1 fully saturated rings. The predicted molar refractivity (Wildman–Crippen MR) is 81.4 cm³/mol. The van der Waals surface area contributed by atoms with Gasteiger partial charge in [-0.15, -0.1) is 0 Å². The summed E-state index contributed by atoms with van der Waals surface area (Å²) in [5.41, 5.74) is 7.44. The number of likely N-dealkylation sites (tertiary alicyclic amines) is 1. The van der Waals surface area contributed by atoms with Crippen LogP contribution in [0, 0.1) is 0 Å². The molecule has 1 aliphatic rings. The molecule has 1 heterocycles. The number of rotatable bonds is 5. The summed E-state index contributed by atoms with van der Waals surface area (Å²) < 4.78 is 10.7. The lowest BCUT2D eigenvalue weighted by molar-refractivity contribution is 0.151. The molecule has 0 spiro atoms. The topological polar surface area (TPSA) is 47.7 Å². The maximum absolute atomic E-state index is 6.39. The van der Waals surface area contributed by atoms with Crippen molar-refractivity contribution < 1.29 is 9.47 Å². The average Bonchev–Trinajstić information content (AvgIpc) is 2.48. The Morgan fingerprint density at radius 2 is 2.10 bits per heavy atom. The molecule has 1 saturated heterocycles. The maximum Gasteiger partial charge on any atom is 0.127 e. The molecule has 4 heteroatoms. The maximum atomic E-state index is 6.39. The zero-order chi connectivity index (χ0) is 14.5. The summed E-state index contributed by atoms with van der Waals surface area (Å²) >= 11 is 0. The van der Waals surface area contributed by atoms with Crippen LogP contribution in [0.2, 0.25) is 0 Å². The predicted octanol–water partition coefficient (Wildman–Crippen LogP) is 2.58. The van der Waals surface area contributed by atoms with Gasteiger partial charge >= 0.3 is 0 Å². The molecule has 0 bridgehead atoms. The zero-order valence-corrected chi connectivity index (χ0v) is 12.8. The third-order valence-electron chi connectivity index (χ3n) is 4.21. The van der Waals surface area contributed by atoms with Crippen LogP contribution in [0.25, 0.3) is 0 Å². The number of benzene rings is 1. The van der Waals surface area contributed by atoms with Crippen LogP contribution < -0.4 is 15.2 Å². The van der Waals surface area contributed by atoms with Crippen LogP contribution in [0.1, 0.15) is 37.8 Å². The first-order valence-electron chi connectivity index (χ1n) is 7.37. The number of nitrogens with zero attached hydrogens (tertiary/aromatic N) is 1. The molecule has 4 nitrogen and oxygen atoms in total. The van der Waals surface area contributed by atoms with Crippen LogP contribution in [-0.2, 0) is 0 Å². The summed E-state index contributed by atoms with van der Waals surface area (Å²) in [5, 5.41) is 0.